The molecule has 0 aromatic carbocycles. The van der Waals surface area contributed by atoms with E-state index in [1.165, 1.54) is 0 Å². The maximum absolute atomic E-state index is 6.04. The quantitative estimate of drug-likeness (QED) is 0.330. The lowest BCUT2D eigenvalue weighted by Gasteiger charge is -2.49. The lowest BCUT2D eigenvalue weighted by Crippen LogP contribution is -2.69. The van der Waals surface area contributed by atoms with Crippen LogP contribution in [0.1, 0.15) is 20.8 Å². The van der Waals surface area contributed by atoms with Gasteiger partial charge in [0, 0.05) is 5.54 Å². The van der Waals surface area contributed by atoms with Gasteiger partial charge >= 0.3 is 0 Å². The second-order valence-corrected chi connectivity index (χ2v) is 10.8. The van der Waals surface area contributed by atoms with Gasteiger partial charge in [0.15, 0.2) is 9.84 Å². The van der Waals surface area contributed by atoms with Crippen LogP contribution < -0.4 is 0 Å². The molecule has 1 saturated heterocycles. The molecule has 0 saturated carbocycles. The molecule has 0 aromatic heterocycles. The predicted molar refractivity (Wildman–Crippen MR) is 50.8 cm³/mol. The number of rotatable bonds is 0. The third kappa shape index (κ3) is 1.57. The molecule has 0 bridgehead atoms. The minimum Gasteiger partial charge on any atom is -0.311 e. The van der Waals surface area contributed by atoms with Gasteiger partial charge < -0.3 is 4.23 Å². The van der Waals surface area contributed by atoms with E-state index in [9.17, 15) is 0 Å². The summed E-state index contributed by atoms with van der Waals surface area (Å²) in [5.74, 6) is 0. The Balaban J connectivity index is 2.48. The first kappa shape index (κ1) is 9.03. The molecule has 1 unspecified atom stereocenters. The van der Waals surface area contributed by atoms with E-state index < -0.39 is 8.43 Å². The summed E-state index contributed by atoms with van der Waals surface area (Å²) < 4.78 is 4.24. The van der Waals surface area contributed by atoms with Crippen LogP contribution in [0, 0.1) is 0 Å². The van der Waals surface area contributed by atoms with Gasteiger partial charge in [-0.3, -0.25) is 0 Å². The van der Waals surface area contributed by atoms with Gasteiger partial charge in [0.2, 0.25) is 0 Å². The van der Waals surface area contributed by atoms with Crippen molar-refractivity contribution in [2.75, 3.05) is 0 Å². The zero-order valence-corrected chi connectivity index (χ0v) is 10.5. The average Bonchev–Trinajstić information content (AvgIpc) is 1.79. The van der Waals surface area contributed by atoms with Gasteiger partial charge in [-0.05, 0) is 32.5 Å². The van der Waals surface area contributed by atoms with Gasteiger partial charge in [-0.1, -0.05) is 0 Å². The lowest BCUT2D eigenvalue weighted by atomic mass is 10.1. The average molecular weight is 215 g/mol. The summed E-state index contributed by atoms with van der Waals surface area (Å²) in [5.41, 5.74) is 0.246. The van der Waals surface area contributed by atoms with E-state index in [-0.39, 0.29) is 15.4 Å². The first-order chi connectivity index (χ1) is 4.43. The van der Waals surface area contributed by atoms with Crippen LogP contribution in [0.5, 0.6) is 0 Å². The molecule has 0 spiro atoms. The van der Waals surface area contributed by atoms with Crippen molar-refractivity contribution in [2.45, 2.75) is 26.3 Å². The Kier molecular flexibility index (Phi) is 2.50. The molecular weight excluding hydrogens is 203 g/mol. The van der Waals surface area contributed by atoms with Gasteiger partial charge in [-0.15, -0.1) is 11.1 Å². The van der Waals surface area contributed by atoms with Crippen molar-refractivity contribution >= 4 is 41.1 Å². The highest BCUT2D eigenvalue weighted by molar-refractivity contribution is 7.14. The minimum atomic E-state index is -1.34. The Morgan fingerprint density at radius 1 is 1.40 bits per heavy atom. The number of hydrogen-bond donors (Lipinski definition) is 0. The first-order valence-corrected chi connectivity index (χ1v) is 7.64. The van der Waals surface area contributed by atoms with Crippen LogP contribution in [0.2, 0.25) is 0 Å². The molecule has 1 atom stereocenters. The maximum Gasteiger partial charge on any atom is 0.293 e. The van der Waals surface area contributed by atoms with Gasteiger partial charge in [-0.2, -0.15) is 0 Å². The Hall–Kier alpha value is 0.934. The molecule has 10 heavy (non-hydrogen) atoms. The molecule has 0 aromatic rings. The summed E-state index contributed by atoms with van der Waals surface area (Å²) >= 11 is 11.8. The van der Waals surface area contributed by atoms with E-state index in [1.807, 2.05) is 3.75 Å². The van der Waals surface area contributed by atoms with Crippen LogP contribution in [-0.2, 0) is 0 Å². The molecule has 1 aliphatic heterocycles. The van der Waals surface area contributed by atoms with Crippen molar-refractivity contribution in [3.63, 3.8) is 0 Å². The molecule has 0 radical (unpaired) electrons. The van der Waals surface area contributed by atoms with E-state index in [2.05, 4.69) is 25.0 Å². The smallest absolute Gasteiger partial charge is 0.293 e. The molecule has 0 aliphatic carbocycles. The van der Waals surface area contributed by atoms with Crippen LogP contribution in [0.15, 0.2) is 0 Å². The standard InChI is InChI=1S/C4H12Cl2N2Si2/c1-4(2,3)7-9-8(5)10(7)6/h10H,9H2,1-3H3. The van der Waals surface area contributed by atoms with Crippen molar-refractivity contribution in [2.24, 2.45) is 0 Å². The number of nitrogens with zero attached hydrogens (tertiary/aromatic N) is 2. The summed E-state index contributed by atoms with van der Waals surface area (Å²) in [7, 11) is -1.68. The molecule has 0 N–H and O–H groups in total. The van der Waals surface area contributed by atoms with Gasteiger partial charge in [0.1, 0.15) is 0 Å². The van der Waals surface area contributed by atoms with Gasteiger partial charge in [-0.25, -0.2) is 3.75 Å². The SMILES string of the molecule is CC(C)(C)N1[SiH2]N(Cl)[SiH]1Cl. The second-order valence-electron chi connectivity index (χ2n) is 3.49. The van der Waals surface area contributed by atoms with Crippen LogP contribution >= 0.6 is 22.9 Å². The van der Waals surface area contributed by atoms with E-state index >= 15 is 0 Å². The van der Waals surface area contributed by atoms with Crippen LogP contribution in [0.4, 0.5) is 0 Å². The van der Waals surface area contributed by atoms with Crippen molar-refractivity contribution in [1.82, 2.24) is 7.98 Å². The molecule has 1 rings (SSSR count). The monoisotopic (exact) mass is 214 g/mol. The summed E-state index contributed by atoms with van der Waals surface area (Å²) in [6.45, 7) is 6.56. The molecule has 1 aliphatic rings. The van der Waals surface area contributed by atoms with Crippen molar-refractivity contribution < 1.29 is 0 Å². The second kappa shape index (κ2) is 2.76. The summed E-state index contributed by atoms with van der Waals surface area (Å²) in [5, 5.41) is 0. The molecular formula is C4H12Cl2N2Si2. The fourth-order valence-corrected chi connectivity index (χ4v) is 7.71. The van der Waals surface area contributed by atoms with Crippen molar-refractivity contribution in [1.29, 1.82) is 0 Å². The maximum atomic E-state index is 6.04. The zero-order chi connectivity index (χ0) is 7.94. The van der Waals surface area contributed by atoms with Crippen LogP contribution in [0.3, 0.4) is 0 Å². The molecule has 0 amide bonds. The fraction of sp³-hybridized carbons (Fsp3) is 1.00. The molecule has 2 nitrogen and oxygen atoms in total. The topological polar surface area (TPSA) is 6.48 Å². The lowest BCUT2D eigenvalue weighted by molar-refractivity contribution is 0.334. The highest BCUT2D eigenvalue weighted by Crippen LogP contribution is 2.26. The van der Waals surface area contributed by atoms with E-state index in [0.29, 0.717) is 0 Å². The minimum absolute atomic E-state index is 0.246. The number of halogens is 2. The molecule has 60 valence electrons. The highest BCUT2D eigenvalue weighted by atomic mass is 35.6. The molecule has 6 heteroatoms. The van der Waals surface area contributed by atoms with Crippen molar-refractivity contribution in [3.05, 3.63) is 0 Å². The van der Waals surface area contributed by atoms with Gasteiger partial charge in [0.05, 0.1) is 0 Å². The number of hydrogen-bond acceptors (Lipinski definition) is 2. The third-order valence-electron chi connectivity index (χ3n) is 1.64. The van der Waals surface area contributed by atoms with Gasteiger partial charge in [0.25, 0.3) is 8.43 Å². The first-order valence-electron chi connectivity index (χ1n) is 3.26. The highest BCUT2D eigenvalue weighted by Gasteiger charge is 2.42. The molecule has 1 fully saturated rings. The molecule has 1 heterocycles. The summed E-state index contributed by atoms with van der Waals surface area (Å²) in [6.07, 6.45) is 0. The zero-order valence-electron chi connectivity index (χ0n) is 6.43. The van der Waals surface area contributed by atoms with E-state index in [0.717, 1.165) is 0 Å². The Bertz CT molecular complexity index is 138. The summed E-state index contributed by atoms with van der Waals surface area (Å²) in [6, 6.07) is 0. The Labute approximate surface area is 75.6 Å². The normalized spacial score (nSPS) is 32.7. The fourth-order valence-electron chi connectivity index (χ4n) is 0.867. The Morgan fingerprint density at radius 2 is 1.90 bits per heavy atom. The largest absolute Gasteiger partial charge is 0.311 e. The van der Waals surface area contributed by atoms with Crippen LogP contribution in [-0.4, -0.2) is 31.8 Å². The predicted octanol–water partition coefficient (Wildman–Crippen LogP) is 0.511. The van der Waals surface area contributed by atoms with E-state index in [1.54, 1.807) is 0 Å². The third-order valence-corrected chi connectivity index (χ3v) is 11.9. The van der Waals surface area contributed by atoms with Crippen molar-refractivity contribution in [3.8, 4) is 0 Å². The Morgan fingerprint density at radius 3 is 2.00 bits per heavy atom. The van der Waals surface area contributed by atoms with E-state index in [4.69, 9.17) is 22.9 Å². The summed E-state index contributed by atoms with van der Waals surface area (Å²) in [4.78, 5) is 0. The van der Waals surface area contributed by atoms with Crippen LogP contribution in [0.25, 0.3) is 0 Å².